The average Bonchev–Trinajstić information content (AvgIpc) is 2.92. The Kier molecular flexibility index (Phi) is 3.18. The van der Waals surface area contributed by atoms with Gasteiger partial charge in [-0.3, -0.25) is 4.57 Å². The van der Waals surface area contributed by atoms with Gasteiger partial charge in [0.2, 0.25) is 0 Å². The van der Waals surface area contributed by atoms with Crippen molar-refractivity contribution in [2.45, 2.75) is 45.8 Å². The van der Waals surface area contributed by atoms with Crippen molar-refractivity contribution in [3.8, 4) is 5.82 Å². The number of hydrogen-bond acceptors (Lipinski definition) is 4. The summed E-state index contributed by atoms with van der Waals surface area (Å²) >= 11 is 0. The van der Waals surface area contributed by atoms with Crippen LogP contribution < -0.4 is 5.46 Å². The fraction of sp³-hybridized carbons (Fsp3) is 0.467. The summed E-state index contributed by atoms with van der Waals surface area (Å²) in [6, 6.07) is 3.94. The fourth-order valence-corrected chi connectivity index (χ4v) is 2.28. The number of aromatic nitrogens is 3. The van der Waals surface area contributed by atoms with E-state index in [0.29, 0.717) is 0 Å². The number of nitrogens with zero attached hydrogens (tertiary/aromatic N) is 3. The Labute approximate surface area is 125 Å². The summed E-state index contributed by atoms with van der Waals surface area (Å²) in [5.41, 5.74) is 0.254. The normalized spacial score (nSPS) is 20.0. The highest BCUT2D eigenvalue weighted by Gasteiger charge is 2.51. The molecule has 21 heavy (non-hydrogen) atoms. The molecule has 0 radical (unpaired) electrons. The second-order valence-electron chi connectivity index (χ2n) is 6.38. The van der Waals surface area contributed by atoms with Crippen LogP contribution in [0.4, 0.5) is 0 Å². The van der Waals surface area contributed by atoms with Crippen molar-refractivity contribution >= 4 is 12.6 Å². The number of hydrogen-bond donors (Lipinski definition) is 0. The van der Waals surface area contributed by atoms with Crippen molar-refractivity contribution in [3.05, 3.63) is 36.5 Å². The molecule has 0 bridgehead atoms. The van der Waals surface area contributed by atoms with Crippen molar-refractivity contribution in [1.82, 2.24) is 14.5 Å². The van der Waals surface area contributed by atoms with Crippen LogP contribution >= 0.6 is 0 Å². The van der Waals surface area contributed by atoms with E-state index in [1.807, 2.05) is 57.5 Å². The molecule has 1 fully saturated rings. The Bertz CT molecular complexity index is 633. The third-order valence-electron chi connectivity index (χ3n) is 4.37. The molecule has 3 heterocycles. The minimum atomic E-state index is -0.375. The molecular weight excluding hydrogens is 265 g/mol. The second-order valence-corrected chi connectivity index (χ2v) is 6.38. The van der Waals surface area contributed by atoms with Gasteiger partial charge in [0.25, 0.3) is 0 Å². The van der Waals surface area contributed by atoms with Crippen molar-refractivity contribution < 1.29 is 9.31 Å². The first-order valence-corrected chi connectivity index (χ1v) is 7.12. The Balaban J connectivity index is 1.85. The zero-order valence-electron chi connectivity index (χ0n) is 13.1. The first-order chi connectivity index (χ1) is 9.80. The molecule has 0 aliphatic carbocycles. The summed E-state index contributed by atoms with van der Waals surface area (Å²) in [4.78, 5) is 8.69. The van der Waals surface area contributed by atoms with Crippen LogP contribution in [0.1, 0.15) is 33.5 Å². The predicted molar refractivity (Wildman–Crippen MR) is 81.8 cm³/mol. The molecule has 0 unspecified atom stereocenters. The molecule has 5 nitrogen and oxygen atoms in total. The summed E-state index contributed by atoms with van der Waals surface area (Å²) in [6.45, 7) is 10.1. The zero-order chi connectivity index (χ0) is 15.3. The first kappa shape index (κ1) is 14.3. The molecule has 0 amide bonds. The monoisotopic (exact) mass is 285 g/mol. The van der Waals surface area contributed by atoms with E-state index in [4.69, 9.17) is 9.31 Å². The molecule has 1 aliphatic rings. The molecule has 0 spiro atoms. The van der Waals surface area contributed by atoms with Crippen LogP contribution in [0.15, 0.2) is 30.7 Å². The van der Waals surface area contributed by atoms with Gasteiger partial charge in [-0.05, 0) is 40.7 Å². The van der Waals surface area contributed by atoms with Gasteiger partial charge in [-0.1, -0.05) is 6.07 Å². The van der Waals surface area contributed by atoms with E-state index in [1.54, 1.807) is 12.4 Å². The Morgan fingerprint density at radius 2 is 1.71 bits per heavy atom. The van der Waals surface area contributed by atoms with E-state index in [-0.39, 0.29) is 18.3 Å². The molecule has 0 N–H and O–H groups in total. The summed E-state index contributed by atoms with van der Waals surface area (Å²) in [5, 5.41) is 0. The molecule has 2 aromatic rings. The average molecular weight is 285 g/mol. The molecular formula is C15H20BN3O2. The van der Waals surface area contributed by atoms with Crippen molar-refractivity contribution in [2.75, 3.05) is 0 Å². The van der Waals surface area contributed by atoms with Gasteiger partial charge < -0.3 is 9.31 Å². The second kappa shape index (κ2) is 4.68. The van der Waals surface area contributed by atoms with Gasteiger partial charge >= 0.3 is 7.12 Å². The Hall–Kier alpha value is -1.66. The fourth-order valence-electron chi connectivity index (χ4n) is 2.28. The largest absolute Gasteiger partial charge is 0.496 e. The lowest BCUT2D eigenvalue weighted by atomic mass is 9.80. The van der Waals surface area contributed by atoms with Gasteiger partial charge in [0, 0.05) is 24.1 Å². The lowest BCUT2D eigenvalue weighted by Crippen LogP contribution is -2.41. The molecule has 0 saturated carbocycles. The van der Waals surface area contributed by atoms with Crippen molar-refractivity contribution in [2.24, 2.45) is 0 Å². The topological polar surface area (TPSA) is 49.2 Å². The molecule has 3 rings (SSSR count). The van der Waals surface area contributed by atoms with E-state index >= 15 is 0 Å². The SMILES string of the molecule is Cc1nccn1-c1ccc(B2OC(C)(C)C(C)(C)O2)cn1. The number of rotatable bonds is 2. The lowest BCUT2D eigenvalue weighted by molar-refractivity contribution is 0.00578. The van der Waals surface area contributed by atoms with Crippen LogP contribution in [0.3, 0.4) is 0 Å². The van der Waals surface area contributed by atoms with Gasteiger partial charge in [-0.15, -0.1) is 0 Å². The molecule has 6 heteroatoms. The third-order valence-corrected chi connectivity index (χ3v) is 4.37. The third kappa shape index (κ3) is 2.38. The van der Waals surface area contributed by atoms with Gasteiger partial charge in [0.1, 0.15) is 11.6 Å². The van der Waals surface area contributed by atoms with Crippen LogP contribution in [-0.2, 0) is 9.31 Å². The van der Waals surface area contributed by atoms with E-state index in [0.717, 1.165) is 17.1 Å². The van der Waals surface area contributed by atoms with Crippen LogP contribution in [0.5, 0.6) is 0 Å². The summed E-state index contributed by atoms with van der Waals surface area (Å²) in [6.07, 6.45) is 5.46. The highest BCUT2D eigenvalue weighted by atomic mass is 16.7. The summed E-state index contributed by atoms with van der Waals surface area (Å²) in [5.74, 6) is 1.75. The smallest absolute Gasteiger partial charge is 0.399 e. The minimum Gasteiger partial charge on any atom is -0.399 e. The molecule has 1 aliphatic heterocycles. The number of aryl methyl sites for hydroxylation is 1. The first-order valence-electron chi connectivity index (χ1n) is 7.12. The maximum absolute atomic E-state index is 6.02. The van der Waals surface area contributed by atoms with Crippen LogP contribution in [0.25, 0.3) is 5.82 Å². The Morgan fingerprint density at radius 3 is 2.19 bits per heavy atom. The minimum absolute atomic E-state index is 0.336. The van der Waals surface area contributed by atoms with Crippen molar-refractivity contribution in [3.63, 3.8) is 0 Å². The van der Waals surface area contributed by atoms with E-state index < -0.39 is 0 Å². The maximum atomic E-state index is 6.02. The quantitative estimate of drug-likeness (QED) is 0.790. The Morgan fingerprint density at radius 1 is 1.05 bits per heavy atom. The molecule has 0 atom stereocenters. The van der Waals surface area contributed by atoms with E-state index in [9.17, 15) is 0 Å². The highest BCUT2D eigenvalue weighted by Crippen LogP contribution is 2.36. The van der Waals surface area contributed by atoms with Gasteiger partial charge in [0.15, 0.2) is 0 Å². The van der Waals surface area contributed by atoms with Crippen LogP contribution in [0.2, 0.25) is 0 Å². The predicted octanol–water partition coefficient (Wildman–Crippen LogP) is 1.87. The standard InChI is InChI=1S/C15H20BN3O2/c1-11-17-8-9-19(11)13-7-6-12(10-18-13)16-20-14(2,3)15(4,5)21-16/h6-10H,1-5H3. The molecule has 110 valence electrons. The lowest BCUT2D eigenvalue weighted by Gasteiger charge is -2.32. The maximum Gasteiger partial charge on any atom is 0.496 e. The van der Waals surface area contributed by atoms with Gasteiger partial charge in [0.05, 0.1) is 11.2 Å². The van der Waals surface area contributed by atoms with E-state index in [1.165, 1.54) is 0 Å². The zero-order valence-corrected chi connectivity index (χ0v) is 13.1. The molecule has 1 saturated heterocycles. The molecule has 0 aromatic carbocycles. The highest BCUT2D eigenvalue weighted by molar-refractivity contribution is 6.62. The van der Waals surface area contributed by atoms with E-state index in [2.05, 4.69) is 9.97 Å². The van der Waals surface area contributed by atoms with Crippen molar-refractivity contribution in [1.29, 1.82) is 0 Å². The summed E-state index contributed by atoms with van der Waals surface area (Å²) in [7, 11) is -0.375. The van der Waals surface area contributed by atoms with Crippen LogP contribution in [-0.4, -0.2) is 32.9 Å². The summed E-state index contributed by atoms with van der Waals surface area (Å²) < 4.78 is 14.0. The van der Waals surface area contributed by atoms with Crippen LogP contribution in [0, 0.1) is 6.92 Å². The van der Waals surface area contributed by atoms with Gasteiger partial charge in [-0.2, -0.15) is 0 Å². The number of pyridine rings is 1. The molecule has 2 aromatic heterocycles. The number of imidazole rings is 1. The van der Waals surface area contributed by atoms with Gasteiger partial charge in [-0.25, -0.2) is 9.97 Å².